The van der Waals surface area contributed by atoms with E-state index in [1.807, 2.05) is 31.7 Å². The zero-order chi connectivity index (χ0) is 14.2. The number of hydrogen-bond donors (Lipinski definition) is 1. The number of carbonyl (C=O) groups is 1. The van der Waals surface area contributed by atoms with Crippen LogP contribution in [-0.4, -0.2) is 29.4 Å². The zero-order valence-electron chi connectivity index (χ0n) is 12.0. The second kappa shape index (κ2) is 5.37. The van der Waals surface area contributed by atoms with Crippen molar-refractivity contribution in [1.29, 1.82) is 0 Å². The maximum Gasteiger partial charge on any atom is 0.177 e. The van der Waals surface area contributed by atoms with E-state index >= 15 is 0 Å². The third kappa shape index (κ3) is 3.26. The van der Waals surface area contributed by atoms with Crippen molar-refractivity contribution in [3.05, 3.63) is 10.9 Å². The highest BCUT2D eigenvalue weighted by atomic mass is 32.2. The molecule has 1 aromatic rings. The van der Waals surface area contributed by atoms with E-state index in [4.69, 9.17) is 5.73 Å². The quantitative estimate of drug-likeness (QED) is 0.868. The van der Waals surface area contributed by atoms with E-state index in [1.54, 1.807) is 11.3 Å². The van der Waals surface area contributed by atoms with E-state index in [9.17, 15) is 4.79 Å². The van der Waals surface area contributed by atoms with Gasteiger partial charge in [-0.05, 0) is 19.9 Å². The van der Waals surface area contributed by atoms with Gasteiger partial charge in [0.15, 0.2) is 5.78 Å². The summed E-state index contributed by atoms with van der Waals surface area (Å²) in [4.78, 5) is 15.2. The number of hydrogen-bond acceptors (Lipinski definition) is 5. The molecule has 0 spiro atoms. The Bertz CT molecular complexity index is 480. The molecule has 3 nitrogen and oxygen atoms in total. The summed E-state index contributed by atoms with van der Waals surface area (Å²) in [5.74, 6) is 1.28. The van der Waals surface area contributed by atoms with Gasteiger partial charge in [-0.25, -0.2) is 0 Å². The lowest BCUT2D eigenvalue weighted by Gasteiger charge is -2.38. The standard InChI is InChI=1S/C14H22N2OS2/c1-9(2)12(17)13-10(15)7-11(19-13)16-5-6-18-14(3,4)8-16/h7,9H,5-6,8,15H2,1-4H3. The fraction of sp³-hybridized carbons (Fsp3) is 0.643. The van der Waals surface area contributed by atoms with Crippen LogP contribution in [0.15, 0.2) is 6.07 Å². The summed E-state index contributed by atoms with van der Waals surface area (Å²) in [6.45, 7) is 10.4. The summed E-state index contributed by atoms with van der Waals surface area (Å²) >= 11 is 3.55. The summed E-state index contributed by atoms with van der Waals surface area (Å²) in [6, 6.07) is 1.96. The SMILES string of the molecule is CC(C)C(=O)c1sc(N2CCSC(C)(C)C2)cc1N. The first kappa shape index (κ1) is 14.7. The van der Waals surface area contributed by atoms with Gasteiger partial charge >= 0.3 is 0 Å². The summed E-state index contributed by atoms with van der Waals surface area (Å²) in [6.07, 6.45) is 0. The predicted octanol–water partition coefficient (Wildman–Crippen LogP) is 3.50. The Balaban J connectivity index is 2.22. The number of carbonyl (C=O) groups excluding carboxylic acids is 1. The van der Waals surface area contributed by atoms with Gasteiger partial charge in [0, 0.05) is 29.5 Å². The third-order valence-electron chi connectivity index (χ3n) is 3.23. The molecule has 2 heterocycles. The van der Waals surface area contributed by atoms with Gasteiger partial charge in [0.25, 0.3) is 0 Å². The van der Waals surface area contributed by atoms with Crippen molar-refractivity contribution in [2.75, 3.05) is 29.5 Å². The van der Waals surface area contributed by atoms with Crippen LogP contribution in [-0.2, 0) is 0 Å². The van der Waals surface area contributed by atoms with Crippen LogP contribution in [0.1, 0.15) is 37.4 Å². The van der Waals surface area contributed by atoms with E-state index in [0.29, 0.717) is 5.69 Å². The van der Waals surface area contributed by atoms with Crippen LogP contribution in [0.2, 0.25) is 0 Å². The first-order valence-corrected chi connectivity index (χ1v) is 8.43. The van der Waals surface area contributed by atoms with Crippen LogP contribution in [0.5, 0.6) is 0 Å². The molecule has 0 aromatic carbocycles. The molecular formula is C14H22N2OS2. The number of thioether (sulfide) groups is 1. The highest BCUT2D eigenvalue weighted by Crippen LogP contribution is 2.38. The molecule has 0 aliphatic carbocycles. The molecule has 2 N–H and O–H groups in total. The molecule has 2 rings (SSSR count). The molecule has 19 heavy (non-hydrogen) atoms. The number of rotatable bonds is 3. The van der Waals surface area contributed by atoms with E-state index in [0.717, 1.165) is 28.7 Å². The Morgan fingerprint density at radius 2 is 2.16 bits per heavy atom. The smallest absolute Gasteiger partial charge is 0.177 e. The number of thiophene rings is 1. The largest absolute Gasteiger partial charge is 0.397 e. The van der Waals surface area contributed by atoms with Gasteiger partial charge in [0.05, 0.1) is 15.6 Å². The average Bonchev–Trinajstić information content (AvgIpc) is 2.69. The van der Waals surface area contributed by atoms with Crippen molar-refractivity contribution in [3.8, 4) is 0 Å². The van der Waals surface area contributed by atoms with Crippen LogP contribution in [0.4, 0.5) is 10.7 Å². The molecule has 1 aliphatic heterocycles. The van der Waals surface area contributed by atoms with Crippen molar-refractivity contribution < 1.29 is 4.79 Å². The molecule has 1 aliphatic rings. The summed E-state index contributed by atoms with van der Waals surface area (Å²) in [7, 11) is 0. The molecule has 0 unspecified atom stereocenters. The minimum atomic E-state index is 0.00199. The topological polar surface area (TPSA) is 46.3 Å². The maximum atomic E-state index is 12.1. The predicted molar refractivity (Wildman–Crippen MR) is 86.6 cm³/mol. The van der Waals surface area contributed by atoms with E-state index in [-0.39, 0.29) is 16.4 Å². The highest BCUT2D eigenvalue weighted by Gasteiger charge is 2.29. The number of nitrogen functional groups attached to an aromatic ring is 1. The van der Waals surface area contributed by atoms with Crippen molar-refractivity contribution >= 4 is 39.6 Å². The Morgan fingerprint density at radius 1 is 1.47 bits per heavy atom. The van der Waals surface area contributed by atoms with Gasteiger partial charge in [0.1, 0.15) is 0 Å². The molecule has 106 valence electrons. The number of ketones is 1. The number of nitrogens with zero attached hydrogens (tertiary/aromatic N) is 1. The van der Waals surface area contributed by atoms with Gasteiger partial charge in [-0.15, -0.1) is 11.3 Å². The lowest BCUT2D eigenvalue weighted by atomic mass is 10.1. The van der Waals surface area contributed by atoms with E-state index in [1.165, 1.54) is 0 Å². The van der Waals surface area contributed by atoms with Crippen molar-refractivity contribution in [1.82, 2.24) is 0 Å². The summed E-state index contributed by atoms with van der Waals surface area (Å²) < 4.78 is 0.263. The van der Waals surface area contributed by atoms with Gasteiger partial charge in [-0.3, -0.25) is 4.79 Å². The third-order valence-corrected chi connectivity index (χ3v) is 5.76. The molecular weight excluding hydrogens is 276 g/mol. The highest BCUT2D eigenvalue weighted by molar-refractivity contribution is 8.00. The number of anilines is 2. The Labute approximate surface area is 123 Å². The van der Waals surface area contributed by atoms with Crippen molar-refractivity contribution in [2.24, 2.45) is 5.92 Å². The van der Waals surface area contributed by atoms with Crippen LogP contribution >= 0.6 is 23.1 Å². The monoisotopic (exact) mass is 298 g/mol. The second-order valence-electron chi connectivity index (χ2n) is 5.92. The number of Topliss-reactive ketones (excluding diaryl/α,β-unsaturated/α-hetero) is 1. The maximum absolute atomic E-state index is 12.1. The fourth-order valence-electron chi connectivity index (χ4n) is 2.21. The Kier molecular flexibility index (Phi) is 4.16. The molecule has 5 heteroatoms. The van der Waals surface area contributed by atoms with Gasteiger partial charge in [-0.1, -0.05) is 13.8 Å². The molecule has 1 aromatic heterocycles. The Hall–Kier alpha value is -0.680. The van der Waals surface area contributed by atoms with Gasteiger partial charge in [0.2, 0.25) is 0 Å². The van der Waals surface area contributed by atoms with Gasteiger partial charge < -0.3 is 10.6 Å². The average molecular weight is 298 g/mol. The summed E-state index contributed by atoms with van der Waals surface area (Å²) in [5, 5.41) is 1.13. The van der Waals surface area contributed by atoms with E-state index in [2.05, 4.69) is 18.7 Å². The van der Waals surface area contributed by atoms with Crippen molar-refractivity contribution in [2.45, 2.75) is 32.4 Å². The van der Waals surface area contributed by atoms with E-state index < -0.39 is 0 Å². The van der Waals surface area contributed by atoms with Crippen LogP contribution in [0.25, 0.3) is 0 Å². The first-order chi connectivity index (χ1) is 8.80. The van der Waals surface area contributed by atoms with Crippen LogP contribution in [0, 0.1) is 5.92 Å². The molecule has 1 fully saturated rings. The second-order valence-corrected chi connectivity index (χ2v) is 8.75. The van der Waals surface area contributed by atoms with Crippen LogP contribution < -0.4 is 10.6 Å². The van der Waals surface area contributed by atoms with Gasteiger partial charge in [-0.2, -0.15) is 11.8 Å². The lowest BCUT2D eigenvalue weighted by molar-refractivity contribution is 0.0944. The molecule has 1 saturated heterocycles. The lowest BCUT2D eigenvalue weighted by Crippen LogP contribution is -2.42. The fourth-order valence-corrected chi connectivity index (χ4v) is 4.51. The molecule has 0 radical (unpaired) electrons. The minimum Gasteiger partial charge on any atom is -0.397 e. The molecule has 0 saturated carbocycles. The minimum absolute atomic E-state index is 0.00199. The number of nitrogens with two attached hydrogens (primary N) is 1. The zero-order valence-corrected chi connectivity index (χ0v) is 13.7. The van der Waals surface area contributed by atoms with Crippen LogP contribution in [0.3, 0.4) is 0 Å². The molecule has 0 atom stereocenters. The Morgan fingerprint density at radius 3 is 2.74 bits per heavy atom. The van der Waals surface area contributed by atoms with Crippen molar-refractivity contribution in [3.63, 3.8) is 0 Å². The molecule has 0 amide bonds. The first-order valence-electron chi connectivity index (χ1n) is 6.62. The molecule has 0 bridgehead atoms. The summed E-state index contributed by atoms with van der Waals surface area (Å²) in [5.41, 5.74) is 6.65. The normalized spacial score (nSPS) is 18.9.